The smallest absolute Gasteiger partial charge is 0.159 e. The van der Waals surface area contributed by atoms with Gasteiger partial charge in [-0.2, -0.15) is 0 Å². The summed E-state index contributed by atoms with van der Waals surface area (Å²) in [6.07, 6.45) is 6.97. The maximum absolute atomic E-state index is 11.6. The van der Waals surface area contributed by atoms with Crippen molar-refractivity contribution in [3.63, 3.8) is 0 Å². The minimum absolute atomic E-state index is 0.272. The third kappa shape index (κ3) is 1.17. The molecule has 1 aromatic rings. The molecule has 0 fully saturated rings. The highest BCUT2D eigenvalue weighted by molar-refractivity contribution is 5.94. The largest absolute Gasteiger partial charge is 0.294 e. The van der Waals surface area contributed by atoms with Crippen molar-refractivity contribution in [2.24, 2.45) is 0 Å². The quantitative estimate of drug-likeness (QED) is 0.656. The van der Waals surface area contributed by atoms with Crippen LogP contribution in [-0.2, 0) is 4.79 Å². The summed E-state index contributed by atoms with van der Waals surface area (Å²) in [4.78, 5) is 11.6. The molecule has 0 saturated heterocycles. The Labute approximate surface area is 101 Å². The molecule has 0 saturated carbocycles. The molecule has 0 aromatic heterocycles. The minimum Gasteiger partial charge on any atom is -0.294 e. The third-order valence-corrected chi connectivity index (χ3v) is 4.47. The summed E-state index contributed by atoms with van der Waals surface area (Å²) in [6, 6.07) is 8.77. The predicted octanol–water partition coefficient (Wildman–Crippen LogP) is 3.49. The van der Waals surface area contributed by atoms with Crippen LogP contribution in [0.2, 0.25) is 0 Å². The van der Waals surface area contributed by atoms with E-state index in [9.17, 15) is 4.79 Å². The van der Waals surface area contributed by atoms with E-state index in [1.165, 1.54) is 35.1 Å². The summed E-state index contributed by atoms with van der Waals surface area (Å²) in [7, 11) is 0. The van der Waals surface area contributed by atoms with E-state index in [1.807, 2.05) is 0 Å². The van der Waals surface area contributed by atoms with Crippen LogP contribution < -0.4 is 0 Å². The normalized spacial score (nSPS) is 29.3. The van der Waals surface area contributed by atoms with Gasteiger partial charge in [-0.15, -0.1) is 0 Å². The van der Waals surface area contributed by atoms with Gasteiger partial charge in [0.2, 0.25) is 0 Å². The van der Waals surface area contributed by atoms with E-state index in [2.05, 4.69) is 30.3 Å². The first-order chi connectivity index (χ1) is 8.34. The number of carbonyl (C=O) groups excluding carboxylic acids is 1. The Hall–Kier alpha value is -1.63. The van der Waals surface area contributed by atoms with Crippen LogP contribution in [0.4, 0.5) is 0 Å². The molecule has 84 valence electrons. The molecule has 5 rings (SSSR count). The lowest BCUT2D eigenvalue weighted by molar-refractivity contribution is -0.114. The molecule has 0 heterocycles. The van der Waals surface area contributed by atoms with Gasteiger partial charge in [-0.1, -0.05) is 35.9 Å². The summed E-state index contributed by atoms with van der Waals surface area (Å²) in [5, 5.41) is 0. The van der Waals surface area contributed by atoms with Crippen LogP contribution in [0, 0.1) is 0 Å². The summed E-state index contributed by atoms with van der Waals surface area (Å²) in [6.45, 7) is 0. The van der Waals surface area contributed by atoms with Crippen molar-refractivity contribution in [3.05, 3.63) is 58.7 Å². The van der Waals surface area contributed by atoms with Crippen LogP contribution in [-0.4, -0.2) is 5.78 Å². The molecule has 4 aliphatic carbocycles. The van der Waals surface area contributed by atoms with Crippen LogP contribution >= 0.6 is 0 Å². The van der Waals surface area contributed by atoms with Gasteiger partial charge in [0.1, 0.15) is 0 Å². The topological polar surface area (TPSA) is 17.1 Å². The van der Waals surface area contributed by atoms with E-state index in [0.29, 0.717) is 18.3 Å². The fraction of sp³-hybridized carbons (Fsp3) is 0.312. The summed E-state index contributed by atoms with van der Waals surface area (Å²) < 4.78 is 0. The fourth-order valence-corrected chi connectivity index (χ4v) is 3.78. The second kappa shape index (κ2) is 3.19. The standard InChI is InChI=1S/C16H14O/c17-10-5-6-14-13-7-8-15(16(14)9-10)12-4-2-1-3-11(12)13/h1-6,13,15H,7-9H2. The summed E-state index contributed by atoms with van der Waals surface area (Å²) in [5.74, 6) is 1.34. The molecule has 2 atom stereocenters. The second-order valence-electron chi connectivity index (χ2n) is 5.27. The maximum atomic E-state index is 11.6. The Morgan fingerprint density at radius 2 is 1.65 bits per heavy atom. The minimum atomic E-state index is 0.272. The Balaban J connectivity index is 1.94. The van der Waals surface area contributed by atoms with E-state index in [1.54, 1.807) is 6.08 Å². The number of carbonyl (C=O) groups is 1. The van der Waals surface area contributed by atoms with Crippen molar-refractivity contribution >= 4 is 5.78 Å². The molecule has 0 N–H and O–H groups in total. The van der Waals surface area contributed by atoms with Gasteiger partial charge in [0, 0.05) is 18.3 Å². The molecule has 1 heteroatoms. The molecule has 0 amide bonds. The first kappa shape index (κ1) is 9.41. The van der Waals surface area contributed by atoms with Gasteiger partial charge < -0.3 is 0 Å². The molecular weight excluding hydrogens is 208 g/mol. The average Bonchev–Trinajstić information content (AvgIpc) is 2.39. The van der Waals surface area contributed by atoms with Crippen molar-refractivity contribution in [1.29, 1.82) is 0 Å². The zero-order chi connectivity index (χ0) is 11.4. The third-order valence-electron chi connectivity index (χ3n) is 4.47. The van der Waals surface area contributed by atoms with Crippen LogP contribution in [0.5, 0.6) is 0 Å². The lowest BCUT2D eigenvalue weighted by Gasteiger charge is -2.42. The number of fused-ring (bicyclic) bond motifs is 1. The van der Waals surface area contributed by atoms with Crippen LogP contribution in [0.15, 0.2) is 47.6 Å². The SMILES string of the molecule is O=C1C=CC2=C(C1)C1CCC2c2ccccc21. The van der Waals surface area contributed by atoms with E-state index >= 15 is 0 Å². The summed E-state index contributed by atoms with van der Waals surface area (Å²) >= 11 is 0. The van der Waals surface area contributed by atoms with Crippen LogP contribution in [0.25, 0.3) is 0 Å². The number of ketones is 1. The second-order valence-corrected chi connectivity index (χ2v) is 5.27. The summed E-state index contributed by atoms with van der Waals surface area (Å²) in [5.41, 5.74) is 5.83. The fourth-order valence-electron chi connectivity index (χ4n) is 3.78. The van der Waals surface area contributed by atoms with Gasteiger partial charge in [-0.25, -0.2) is 0 Å². The number of hydrogen-bond donors (Lipinski definition) is 0. The number of hydrogen-bond acceptors (Lipinski definition) is 1. The first-order valence-corrected chi connectivity index (χ1v) is 6.37. The van der Waals surface area contributed by atoms with E-state index in [-0.39, 0.29) is 5.78 Å². The number of allylic oxidation sites excluding steroid dienone is 4. The van der Waals surface area contributed by atoms with Crippen molar-refractivity contribution in [2.45, 2.75) is 31.1 Å². The average molecular weight is 222 g/mol. The van der Waals surface area contributed by atoms with Crippen LogP contribution in [0.3, 0.4) is 0 Å². The molecular formula is C16H14O. The Kier molecular flexibility index (Phi) is 1.77. The Morgan fingerprint density at radius 1 is 0.941 bits per heavy atom. The molecule has 17 heavy (non-hydrogen) atoms. The monoisotopic (exact) mass is 222 g/mol. The molecule has 0 spiro atoms. The zero-order valence-electron chi connectivity index (χ0n) is 9.65. The van der Waals surface area contributed by atoms with Crippen LogP contribution in [0.1, 0.15) is 42.2 Å². The van der Waals surface area contributed by atoms with Gasteiger partial charge in [-0.3, -0.25) is 4.79 Å². The highest BCUT2D eigenvalue weighted by Gasteiger charge is 2.39. The van der Waals surface area contributed by atoms with Gasteiger partial charge in [0.05, 0.1) is 0 Å². The molecule has 1 nitrogen and oxygen atoms in total. The first-order valence-electron chi connectivity index (χ1n) is 6.37. The van der Waals surface area contributed by atoms with Gasteiger partial charge >= 0.3 is 0 Å². The van der Waals surface area contributed by atoms with E-state index in [4.69, 9.17) is 0 Å². The molecule has 1 aromatic carbocycles. The zero-order valence-corrected chi connectivity index (χ0v) is 9.65. The Bertz CT molecular complexity index is 577. The Morgan fingerprint density at radius 3 is 2.47 bits per heavy atom. The van der Waals surface area contributed by atoms with Gasteiger partial charge in [-0.05, 0) is 35.6 Å². The van der Waals surface area contributed by atoms with Crippen molar-refractivity contribution in [3.8, 4) is 0 Å². The van der Waals surface area contributed by atoms with E-state index < -0.39 is 0 Å². The van der Waals surface area contributed by atoms with Crippen molar-refractivity contribution in [2.75, 3.05) is 0 Å². The van der Waals surface area contributed by atoms with Gasteiger partial charge in [0.25, 0.3) is 0 Å². The van der Waals surface area contributed by atoms with Crippen molar-refractivity contribution < 1.29 is 4.79 Å². The number of benzene rings is 1. The molecule has 4 aliphatic rings. The van der Waals surface area contributed by atoms with E-state index in [0.717, 1.165) is 0 Å². The van der Waals surface area contributed by atoms with Gasteiger partial charge in [0.15, 0.2) is 5.78 Å². The maximum Gasteiger partial charge on any atom is 0.159 e. The van der Waals surface area contributed by atoms with Crippen molar-refractivity contribution in [1.82, 2.24) is 0 Å². The molecule has 2 unspecified atom stereocenters. The lowest BCUT2D eigenvalue weighted by atomic mass is 9.62. The molecule has 2 bridgehead atoms. The lowest BCUT2D eigenvalue weighted by Crippen LogP contribution is -2.27. The predicted molar refractivity (Wildman–Crippen MR) is 66.9 cm³/mol. The number of rotatable bonds is 0. The highest BCUT2D eigenvalue weighted by Crippen LogP contribution is 2.54. The molecule has 0 aliphatic heterocycles. The highest BCUT2D eigenvalue weighted by atomic mass is 16.1. The molecule has 0 radical (unpaired) electrons.